The Hall–Kier alpha value is -0.810. The zero-order valence-corrected chi connectivity index (χ0v) is 10.2. The zero-order valence-electron chi connectivity index (χ0n) is 9.36. The fourth-order valence-electron chi connectivity index (χ4n) is 2.15. The summed E-state index contributed by atoms with van der Waals surface area (Å²) in [5.41, 5.74) is 0. The van der Waals surface area contributed by atoms with E-state index in [-0.39, 0.29) is 30.3 Å². The quantitative estimate of drug-likeness (QED) is 0.657. The van der Waals surface area contributed by atoms with Crippen LogP contribution in [0.4, 0.5) is 0 Å². The molecule has 0 saturated carbocycles. The maximum Gasteiger partial charge on any atom is 0.245 e. The van der Waals surface area contributed by atoms with E-state index >= 15 is 0 Å². The summed E-state index contributed by atoms with van der Waals surface area (Å²) in [6, 6.07) is 0.0719. The predicted molar refractivity (Wildman–Crippen MR) is 62.5 cm³/mol. The third-order valence-electron chi connectivity index (χ3n) is 2.97. The van der Waals surface area contributed by atoms with E-state index in [9.17, 15) is 9.59 Å². The molecule has 16 heavy (non-hydrogen) atoms. The van der Waals surface area contributed by atoms with Crippen molar-refractivity contribution in [3.8, 4) is 0 Å². The van der Waals surface area contributed by atoms with Crippen LogP contribution in [-0.4, -0.2) is 48.4 Å². The Morgan fingerprint density at radius 2 is 2.25 bits per heavy atom. The lowest BCUT2D eigenvalue weighted by Gasteiger charge is -2.33. The molecular formula is C10H18ClN3O2. The van der Waals surface area contributed by atoms with Gasteiger partial charge in [0.25, 0.3) is 0 Å². The molecule has 0 aromatic rings. The number of rotatable bonds is 1. The Bertz CT molecular complexity index is 285. The van der Waals surface area contributed by atoms with Gasteiger partial charge in [0, 0.05) is 32.1 Å². The van der Waals surface area contributed by atoms with Crippen LogP contribution in [0.1, 0.15) is 19.8 Å². The van der Waals surface area contributed by atoms with Gasteiger partial charge < -0.3 is 15.5 Å². The molecule has 0 aliphatic carbocycles. The van der Waals surface area contributed by atoms with Crippen LogP contribution in [0.15, 0.2) is 0 Å². The topological polar surface area (TPSA) is 61.4 Å². The van der Waals surface area contributed by atoms with Crippen molar-refractivity contribution in [2.75, 3.05) is 19.6 Å². The number of nitrogens with one attached hydrogen (secondary N) is 2. The van der Waals surface area contributed by atoms with Crippen LogP contribution in [0.25, 0.3) is 0 Å². The average Bonchev–Trinajstić information content (AvgIpc) is 2.64. The zero-order chi connectivity index (χ0) is 10.8. The first-order valence-electron chi connectivity index (χ1n) is 5.48. The van der Waals surface area contributed by atoms with Crippen molar-refractivity contribution in [2.24, 2.45) is 0 Å². The van der Waals surface area contributed by atoms with Gasteiger partial charge in [0.15, 0.2) is 0 Å². The van der Waals surface area contributed by atoms with Gasteiger partial charge in [-0.3, -0.25) is 9.59 Å². The number of nitrogens with zero attached hydrogens (tertiary/aromatic N) is 1. The monoisotopic (exact) mass is 247 g/mol. The van der Waals surface area contributed by atoms with Crippen LogP contribution in [0, 0.1) is 0 Å². The molecule has 6 heteroatoms. The lowest BCUT2D eigenvalue weighted by Crippen LogP contribution is -2.55. The van der Waals surface area contributed by atoms with Crippen LogP contribution in [0.3, 0.4) is 0 Å². The summed E-state index contributed by atoms with van der Waals surface area (Å²) in [7, 11) is 0. The van der Waals surface area contributed by atoms with E-state index in [1.807, 2.05) is 4.90 Å². The highest BCUT2D eigenvalue weighted by Gasteiger charge is 2.32. The van der Waals surface area contributed by atoms with Gasteiger partial charge in [-0.15, -0.1) is 12.4 Å². The van der Waals surface area contributed by atoms with Gasteiger partial charge in [0.1, 0.15) is 6.04 Å². The van der Waals surface area contributed by atoms with Gasteiger partial charge >= 0.3 is 0 Å². The maximum absolute atomic E-state index is 12.0. The fraction of sp³-hybridized carbons (Fsp3) is 0.800. The highest BCUT2D eigenvalue weighted by molar-refractivity contribution is 5.90. The molecule has 2 heterocycles. The standard InChI is InChI=1S/C10H17N3O2.ClH/c1-7-6-13(5-4-11-7)10(15)8-2-3-9(14)12-8;/h7-8,11H,2-6H2,1H3,(H,12,14);1H/t7-,8?;/m0./s1. The first-order valence-corrected chi connectivity index (χ1v) is 5.48. The number of hydrogen-bond acceptors (Lipinski definition) is 3. The van der Waals surface area contributed by atoms with Crippen molar-refractivity contribution >= 4 is 24.2 Å². The fourth-order valence-corrected chi connectivity index (χ4v) is 2.15. The van der Waals surface area contributed by atoms with Crippen molar-refractivity contribution in [1.82, 2.24) is 15.5 Å². The summed E-state index contributed by atoms with van der Waals surface area (Å²) in [6.45, 7) is 4.39. The van der Waals surface area contributed by atoms with E-state index in [4.69, 9.17) is 0 Å². The summed E-state index contributed by atoms with van der Waals surface area (Å²) >= 11 is 0. The molecule has 0 bridgehead atoms. The molecule has 2 amide bonds. The molecule has 2 aliphatic rings. The Morgan fingerprint density at radius 1 is 1.50 bits per heavy atom. The molecule has 2 fully saturated rings. The van der Waals surface area contributed by atoms with Crippen LogP contribution >= 0.6 is 12.4 Å². The van der Waals surface area contributed by atoms with E-state index in [2.05, 4.69) is 17.6 Å². The Balaban J connectivity index is 0.00000128. The van der Waals surface area contributed by atoms with Crippen LogP contribution in [0.2, 0.25) is 0 Å². The smallest absolute Gasteiger partial charge is 0.245 e. The highest BCUT2D eigenvalue weighted by atomic mass is 35.5. The summed E-state index contributed by atoms with van der Waals surface area (Å²) in [5.74, 6) is 0.0748. The molecule has 92 valence electrons. The molecule has 0 aromatic carbocycles. The van der Waals surface area contributed by atoms with Gasteiger partial charge in [-0.25, -0.2) is 0 Å². The SMILES string of the molecule is C[C@H]1CN(C(=O)C2CCC(=O)N2)CCN1.Cl. The lowest BCUT2D eigenvalue weighted by molar-refractivity contribution is -0.135. The van der Waals surface area contributed by atoms with Gasteiger partial charge in [-0.1, -0.05) is 0 Å². The van der Waals surface area contributed by atoms with Crippen molar-refractivity contribution in [3.05, 3.63) is 0 Å². The van der Waals surface area contributed by atoms with E-state index in [1.165, 1.54) is 0 Å². The number of amides is 2. The first kappa shape index (κ1) is 13.3. The summed E-state index contributed by atoms with van der Waals surface area (Å²) in [6.07, 6.45) is 1.13. The molecule has 2 N–H and O–H groups in total. The highest BCUT2D eigenvalue weighted by Crippen LogP contribution is 2.11. The lowest BCUT2D eigenvalue weighted by atomic mass is 10.1. The largest absolute Gasteiger partial charge is 0.344 e. The molecule has 1 unspecified atom stereocenters. The van der Waals surface area contributed by atoms with Gasteiger partial charge in [0.05, 0.1) is 0 Å². The number of halogens is 1. The molecule has 2 rings (SSSR count). The number of carbonyl (C=O) groups excluding carboxylic acids is 2. The van der Waals surface area contributed by atoms with Crippen molar-refractivity contribution in [1.29, 1.82) is 0 Å². The second kappa shape index (κ2) is 5.50. The summed E-state index contributed by atoms with van der Waals surface area (Å²) in [5, 5.41) is 6.00. The average molecular weight is 248 g/mol. The molecule has 0 aromatic heterocycles. The second-order valence-corrected chi connectivity index (χ2v) is 4.30. The van der Waals surface area contributed by atoms with Crippen LogP contribution in [0.5, 0.6) is 0 Å². The maximum atomic E-state index is 12.0. The van der Waals surface area contributed by atoms with E-state index in [0.29, 0.717) is 18.9 Å². The molecular weight excluding hydrogens is 230 g/mol. The Morgan fingerprint density at radius 3 is 2.81 bits per heavy atom. The first-order chi connectivity index (χ1) is 7.16. The summed E-state index contributed by atoms with van der Waals surface area (Å²) < 4.78 is 0. The molecule has 5 nitrogen and oxygen atoms in total. The molecule has 0 radical (unpaired) electrons. The molecule has 0 spiro atoms. The molecule has 2 atom stereocenters. The van der Waals surface area contributed by atoms with Crippen molar-refractivity contribution < 1.29 is 9.59 Å². The van der Waals surface area contributed by atoms with Gasteiger partial charge in [-0.05, 0) is 13.3 Å². The summed E-state index contributed by atoms with van der Waals surface area (Å²) in [4.78, 5) is 24.8. The minimum absolute atomic E-state index is 0. The molecule has 2 aliphatic heterocycles. The minimum Gasteiger partial charge on any atom is -0.344 e. The van der Waals surface area contributed by atoms with Gasteiger partial charge in [0.2, 0.25) is 11.8 Å². The van der Waals surface area contributed by atoms with E-state index < -0.39 is 0 Å². The predicted octanol–water partition coefficient (Wildman–Crippen LogP) is -0.493. The van der Waals surface area contributed by atoms with Crippen LogP contribution < -0.4 is 10.6 Å². The van der Waals surface area contributed by atoms with Crippen molar-refractivity contribution in [2.45, 2.75) is 31.8 Å². The molecule has 2 saturated heterocycles. The third kappa shape index (κ3) is 2.86. The normalized spacial score (nSPS) is 29.6. The number of carbonyl (C=O) groups is 2. The minimum atomic E-state index is -0.275. The van der Waals surface area contributed by atoms with E-state index in [0.717, 1.165) is 19.6 Å². The third-order valence-corrected chi connectivity index (χ3v) is 2.97. The number of hydrogen-bond donors (Lipinski definition) is 2. The second-order valence-electron chi connectivity index (χ2n) is 4.30. The Labute approximate surface area is 101 Å². The van der Waals surface area contributed by atoms with Gasteiger partial charge in [-0.2, -0.15) is 0 Å². The van der Waals surface area contributed by atoms with E-state index in [1.54, 1.807) is 0 Å². The Kier molecular flexibility index (Phi) is 4.56. The van der Waals surface area contributed by atoms with Crippen LogP contribution in [-0.2, 0) is 9.59 Å². The van der Waals surface area contributed by atoms with Crippen molar-refractivity contribution in [3.63, 3.8) is 0 Å². The number of piperazine rings is 1.